The lowest BCUT2D eigenvalue weighted by molar-refractivity contribution is 0.126. The molecule has 0 bridgehead atoms. The van der Waals surface area contributed by atoms with Crippen LogP contribution >= 0.6 is 0 Å². The molecule has 0 aromatic rings. The first-order chi connectivity index (χ1) is 6.85. The molecule has 0 aliphatic carbocycles. The first kappa shape index (κ1) is 13.9. The van der Waals surface area contributed by atoms with Crippen molar-refractivity contribution in [3.05, 3.63) is 0 Å². The summed E-state index contributed by atoms with van der Waals surface area (Å²) in [6.07, 6.45) is 3.33. The second kappa shape index (κ2) is 11.0. The van der Waals surface area contributed by atoms with Gasteiger partial charge < -0.3 is 14.8 Å². The van der Waals surface area contributed by atoms with E-state index in [1.54, 1.807) is 7.11 Å². The molecule has 14 heavy (non-hydrogen) atoms. The number of methoxy groups -OCH3 is 1. The Morgan fingerprint density at radius 3 is 2.43 bits per heavy atom. The number of hydrogen-bond acceptors (Lipinski definition) is 3. The summed E-state index contributed by atoms with van der Waals surface area (Å²) in [7, 11) is 1.75. The molecule has 0 fully saturated rings. The standard InChI is InChI=1S/C11H25NO2/c1-4-8-12-11(6-9-13-3)7-10-14-5-2/h11-12H,4-10H2,1-3H3. The van der Waals surface area contributed by atoms with E-state index in [2.05, 4.69) is 12.2 Å². The van der Waals surface area contributed by atoms with Crippen LogP contribution in [0.2, 0.25) is 0 Å². The first-order valence-corrected chi connectivity index (χ1v) is 5.65. The van der Waals surface area contributed by atoms with Gasteiger partial charge >= 0.3 is 0 Å². The lowest BCUT2D eigenvalue weighted by Gasteiger charge is -2.17. The van der Waals surface area contributed by atoms with Gasteiger partial charge in [-0.1, -0.05) is 6.92 Å². The molecule has 3 nitrogen and oxygen atoms in total. The zero-order chi connectivity index (χ0) is 10.6. The maximum atomic E-state index is 5.34. The third kappa shape index (κ3) is 8.48. The van der Waals surface area contributed by atoms with Crippen LogP contribution in [-0.4, -0.2) is 39.5 Å². The molecule has 1 atom stereocenters. The number of ether oxygens (including phenoxy) is 2. The van der Waals surface area contributed by atoms with Crippen LogP contribution < -0.4 is 5.32 Å². The Kier molecular flexibility index (Phi) is 10.9. The molecule has 0 saturated heterocycles. The molecule has 0 rings (SSSR count). The van der Waals surface area contributed by atoms with Crippen molar-refractivity contribution >= 4 is 0 Å². The third-order valence-corrected chi connectivity index (χ3v) is 2.17. The van der Waals surface area contributed by atoms with E-state index in [9.17, 15) is 0 Å². The van der Waals surface area contributed by atoms with E-state index in [0.717, 1.165) is 39.2 Å². The van der Waals surface area contributed by atoms with Gasteiger partial charge in [0.05, 0.1) is 0 Å². The fraction of sp³-hybridized carbons (Fsp3) is 1.00. The molecule has 0 radical (unpaired) electrons. The minimum atomic E-state index is 0.543. The Balaban J connectivity index is 3.49. The normalized spacial score (nSPS) is 13.1. The minimum absolute atomic E-state index is 0.543. The molecular weight excluding hydrogens is 178 g/mol. The summed E-state index contributed by atoms with van der Waals surface area (Å²) in [5.41, 5.74) is 0. The van der Waals surface area contributed by atoms with Gasteiger partial charge in [0, 0.05) is 33.0 Å². The molecule has 0 aromatic carbocycles. The molecule has 0 aliphatic rings. The molecule has 0 saturated carbocycles. The van der Waals surface area contributed by atoms with Crippen LogP contribution in [0.1, 0.15) is 33.1 Å². The van der Waals surface area contributed by atoms with E-state index in [4.69, 9.17) is 9.47 Å². The van der Waals surface area contributed by atoms with E-state index in [1.807, 2.05) is 6.92 Å². The van der Waals surface area contributed by atoms with Crippen molar-refractivity contribution in [2.24, 2.45) is 0 Å². The maximum Gasteiger partial charge on any atom is 0.0480 e. The highest BCUT2D eigenvalue weighted by atomic mass is 16.5. The van der Waals surface area contributed by atoms with Crippen molar-refractivity contribution < 1.29 is 9.47 Å². The number of hydrogen-bond donors (Lipinski definition) is 1. The number of rotatable bonds is 10. The van der Waals surface area contributed by atoms with Gasteiger partial charge in [-0.15, -0.1) is 0 Å². The molecule has 0 aliphatic heterocycles. The van der Waals surface area contributed by atoms with Gasteiger partial charge in [-0.2, -0.15) is 0 Å². The van der Waals surface area contributed by atoms with Crippen LogP contribution in [0.3, 0.4) is 0 Å². The topological polar surface area (TPSA) is 30.5 Å². The van der Waals surface area contributed by atoms with Gasteiger partial charge in [-0.05, 0) is 32.7 Å². The minimum Gasteiger partial charge on any atom is -0.385 e. The summed E-state index contributed by atoms with van der Waals surface area (Å²) in [5.74, 6) is 0. The predicted octanol–water partition coefficient (Wildman–Crippen LogP) is 1.82. The average molecular weight is 203 g/mol. The van der Waals surface area contributed by atoms with Crippen molar-refractivity contribution in [3.8, 4) is 0 Å². The monoisotopic (exact) mass is 203 g/mol. The van der Waals surface area contributed by atoms with Gasteiger partial charge in [0.1, 0.15) is 0 Å². The van der Waals surface area contributed by atoms with E-state index in [0.29, 0.717) is 6.04 Å². The van der Waals surface area contributed by atoms with Crippen molar-refractivity contribution in [1.82, 2.24) is 5.32 Å². The molecule has 86 valence electrons. The summed E-state index contributed by atoms with van der Waals surface area (Å²) < 4.78 is 10.4. The lowest BCUT2D eigenvalue weighted by atomic mass is 10.1. The second-order valence-electron chi connectivity index (χ2n) is 3.42. The van der Waals surface area contributed by atoms with Crippen LogP contribution in [0.4, 0.5) is 0 Å². The van der Waals surface area contributed by atoms with Crippen LogP contribution in [0.15, 0.2) is 0 Å². The van der Waals surface area contributed by atoms with E-state index >= 15 is 0 Å². The predicted molar refractivity (Wildman–Crippen MR) is 59.7 cm³/mol. The van der Waals surface area contributed by atoms with Gasteiger partial charge in [0.15, 0.2) is 0 Å². The van der Waals surface area contributed by atoms with Gasteiger partial charge in [0.2, 0.25) is 0 Å². The molecule has 0 heterocycles. The smallest absolute Gasteiger partial charge is 0.0480 e. The Hall–Kier alpha value is -0.120. The highest BCUT2D eigenvalue weighted by Gasteiger charge is 2.06. The van der Waals surface area contributed by atoms with Crippen molar-refractivity contribution in [3.63, 3.8) is 0 Å². The van der Waals surface area contributed by atoms with Gasteiger partial charge in [-0.25, -0.2) is 0 Å². The molecule has 1 unspecified atom stereocenters. The fourth-order valence-corrected chi connectivity index (χ4v) is 1.33. The van der Waals surface area contributed by atoms with Crippen LogP contribution in [0.5, 0.6) is 0 Å². The maximum absolute atomic E-state index is 5.34. The van der Waals surface area contributed by atoms with E-state index < -0.39 is 0 Å². The lowest BCUT2D eigenvalue weighted by Crippen LogP contribution is -2.32. The average Bonchev–Trinajstić information content (AvgIpc) is 2.21. The van der Waals surface area contributed by atoms with Crippen molar-refractivity contribution in [2.45, 2.75) is 39.2 Å². The molecule has 1 N–H and O–H groups in total. The van der Waals surface area contributed by atoms with Crippen LogP contribution in [0, 0.1) is 0 Å². The Morgan fingerprint density at radius 1 is 1.14 bits per heavy atom. The Bertz CT molecular complexity index is 101. The van der Waals surface area contributed by atoms with Crippen molar-refractivity contribution in [2.75, 3.05) is 33.5 Å². The van der Waals surface area contributed by atoms with E-state index in [1.165, 1.54) is 6.42 Å². The largest absolute Gasteiger partial charge is 0.385 e. The highest BCUT2D eigenvalue weighted by molar-refractivity contribution is 4.65. The van der Waals surface area contributed by atoms with E-state index in [-0.39, 0.29) is 0 Å². The second-order valence-corrected chi connectivity index (χ2v) is 3.42. The zero-order valence-corrected chi connectivity index (χ0v) is 9.84. The van der Waals surface area contributed by atoms with Crippen LogP contribution in [-0.2, 0) is 9.47 Å². The van der Waals surface area contributed by atoms with Crippen LogP contribution in [0.25, 0.3) is 0 Å². The molecule has 0 spiro atoms. The SMILES string of the molecule is CCCNC(CCOC)CCOCC. The Morgan fingerprint density at radius 2 is 1.86 bits per heavy atom. The quantitative estimate of drug-likeness (QED) is 0.549. The molecule has 0 amide bonds. The molecule has 0 aromatic heterocycles. The third-order valence-electron chi connectivity index (χ3n) is 2.17. The molecular formula is C11H25NO2. The Labute approximate surface area is 88.2 Å². The van der Waals surface area contributed by atoms with Gasteiger partial charge in [-0.3, -0.25) is 0 Å². The molecule has 3 heteroatoms. The number of nitrogens with one attached hydrogen (secondary N) is 1. The van der Waals surface area contributed by atoms with Gasteiger partial charge in [0.25, 0.3) is 0 Å². The summed E-state index contributed by atoms with van der Waals surface area (Å²) in [4.78, 5) is 0. The van der Waals surface area contributed by atoms with Crippen molar-refractivity contribution in [1.29, 1.82) is 0 Å². The summed E-state index contributed by atoms with van der Waals surface area (Å²) in [6, 6.07) is 0.543. The summed E-state index contributed by atoms with van der Waals surface area (Å²) >= 11 is 0. The fourth-order valence-electron chi connectivity index (χ4n) is 1.33. The first-order valence-electron chi connectivity index (χ1n) is 5.65. The summed E-state index contributed by atoms with van der Waals surface area (Å²) in [6.45, 7) is 7.78. The zero-order valence-electron chi connectivity index (χ0n) is 9.84. The summed E-state index contributed by atoms with van der Waals surface area (Å²) in [5, 5.41) is 3.50. The highest BCUT2D eigenvalue weighted by Crippen LogP contribution is 1.99.